The molecule has 3 rings (SSSR count). The summed E-state index contributed by atoms with van der Waals surface area (Å²) in [7, 11) is 0. The molecule has 0 spiro atoms. The van der Waals surface area contributed by atoms with Crippen molar-refractivity contribution in [3.8, 4) is 11.5 Å². The maximum atomic E-state index is 11.2. The van der Waals surface area contributed by atoms with Crippen LogP contribution >= 0.6 is 11.3 Å². The van der Waals surface area contributed by atoms with Crippen LogP contribution in [0.1, 0.15) is 27.3 Å². The smallest absolute Gasteiger partial charge is 0.347 e. The van der Waals surface area contributed by atoms with Crippen LogP contribution in [0.5, 0.6) is 11.5 Å². The van der Waals surface area contributed by atoms with Crippen molar-refractivity contribution >= 4 is 17.3 Å². The molecule has 1 aliphatic rings. The SMILES string of the molecule is CCc1nc(CC2COc3ccccc3O2)sc1C(=O)O. The molecule has 6 heteroatoms. The average molecular weight is 305 g/mol. The highest BCUT2D eigenvalue weighted by atomic mass is 32.1. The molecule has 1 aliphatic heterocycles. The van der Waals surface area contributed by atoms with Crippen LogP contribution < -0.4 is 9.47 Å². The Morgan fingerprint density at radius 1 is 1.43 bits per heavy atom. The second-order valence-electron chi connectivity index (χ2n) is 4.74. The molecular weight excluding hydrogens is 290 g/mol. The average Bonchev–Trinajstić information content (AvgIpc) is 2.90. The van der Waals surface area contributed by atoms with Crippen LogP contribution in [-0.2, 0) is 12.8 Å². The minimum absolute atomic E-state index is 0.141. The van der Waals surface area contributed by atoms with Crippen molar-refractivity contribution in [2.75, 3.05) is 6.61 Å². The monoisotopic (exact) mass is 305 g/mol. The van der Waals surface area contributed by atoms with E-state index in [2.05, 4.69) is 4.98 Å². The molecule has 5 nitrogen and oxygen atoms in total. The van der Waals surface area contributed by atoms with Gasteiger partial charge in [0.15, 0.2) is 11.5 Å². The van der Waals surface area contributed by atoms with E-state index in [0.29, 0.717) is 30.0 Å². The number of aromatic nitrogens is 1. The van der Waals surface area contributed by atoms with E-state index < -0.39 is 5.97 Å². The second kappa shape index (κ2) is 5.73. The van der Waals surface area contributed by atoms with E-state index >= 15 is 0 Å². The van der Waals surface area contributed by atoms with Gasteiger partial charge in [0, 0.05) is 6.42 Å². The summed E-state index contributed by atoms with van der Waals surface area (Å²) in [4.78, 5) is 15.9. The number of para-hydroxylation sites is 2. The molecule has 1 aromatic heterocycles. The summed E-state index contributed by atoms with van der Waals surface area (Å²) in [5.74, 6) is 0.551. The van der Waals surface area contributed by atoms with Gasteiger partial charge in [0.05, 0.1) is 10.7 Å². The highest BCUT2D eigenvalue weighted by molar-refractivity contribution is 7.13. The molecule has 2 heterocycles. The van der Waals surface area contributed by atoms with Crippen LogP contribution in [0.2, 0.25) is 0 Å². The van der Waals surface area contributed by atoms with Gasteiger partial charge in [-0.15, -0.1) is 11.3 Å². The number of hydrogen-bond donors (Lipinski definition) is 1. The molecule has 1 aromatic carbocycles. The fourth-order valence-electron chi connectivity index (χ4n) is 2.25. The van der Waals surface area contributed by atoms with Crippen LogP contribution in [0, 0.1) is 0 Å². The number of carboxylic acid groups (broad SMARTS) is 1. The zero-order valence-electron chi connectivity index (χ0n) is 11.5. The Labute approximate surface area is 126 Å². The maximum Gasteiger partial charge on any atom is 0.347 e. The fraction of sp³-hybridized carbons (Fsp3) is 0.333. The summed E-state index contributed by atoms with van der Waals surface area (Å²) in [5.41, 5.74) is 0.639. The molecule has 0 amide bonds. The Bertz CT molecular complexity index is 667. The Kier molecular flexibility index (Phi) is 3.79. The van der Waals surface area contributed by atoms with Crippen molar-refractivity contribution in [2.45, 2.75) is 25.9 Å². The maximum absolute atomic E-state index is 11.2. The number of hydrogen-bond acceptors (Lipinski definition) is 5. The van der Waals surface area contributed by atoms with Gasteiger partial charge in [-0.3, -0.25) is 0 Å². The summed E-state index contributed by atoms with van der Waals surface area (Å²) in [5, 5.41) is 9.94. The Hall–Kier alpha value is -2.08. The molecule has 0 saturated carbocycles. The topological polar surface area (TPSA) is 68.7 Å². The van der Waals surface area contributed by atoms with Crippen molar-refractivity contribution in [1.82, 2.24) is 4.98 Å². The number of nitrogens with zero attached hydrogens (tertiary/aromatic N) is 1. The third kappa shape index (κ3) is 2.85. The summed E-state index contributed by atoms with van der Waals surface area (Å²) in [6.45, 7) is 2.35. The standard InChI is InChI=1S/C15H15NO4S/c1-2-10-14(15(17)18)21-13(16-10)7-9-8-19-11-5-3-4-6-12(11)20-9/h3-6,9H,2,7-8H2,1H3,(H,17,18). The van der Waals surface area contributed by atoms with Gasteiger partial charge in [-0.25, -0.2) is 9.78 Å². The first-order valence-electron chi connectivity index (χ1n) is 6.77. The van der Waals surface area contributed by atoms with Gasteiger partial charge < -0.3 is 14.6 Å². The van der Waals surface area contributed by atoms with Crippen molar-refractivity contribution < 1.29 is 19.4 Å². The summed E-state index contributed by atoms with van der Waals surface area (Å²) in [6, 6.07) is 7.53. The minimum atomic E-state index is -0.915. The van der Waals surface area contributed by atoms with Crippen molar-refractivity contribution in [1.29, 1.82) is 0 Å². The molecule has 1 atom stereocenters. The number of benzene rings is 1. The Morgan fingerprint density at radius 2 is 2.19 bits per heavy atom. The van der Waals surface area contributed by atoms with Gasteiger partial charge in [-0.2, -0.15) is 0 Å². The Balaban J connectivity index is 1.75. The van der Waals surface area contributed by atoms with Gasteiger partial charge in [0.2, 0.25) is 0 Å². The summed E-state index contributed by atoms with van der Waals surface area (Å²) < 4.78 is 11.5. The molecule has 0 fully saturated rings. The van der Waals surface area contributed by atoms with Crippen LogP contribution in [0.25, 0.3) is 0 Å². The molecule has 110 valence electrons. The number of thiazole rings is 1. The lowest BCUT2D eigenvalue weighted by Crippen LogP contribution is -2.31. The lowest BCUT2D eigenvalue weighted by Gasteiger charge is -2.25. The zero-order valence-corrected chi connectivity index (χ0v) is 12.4. The lowest BCUT2D eigenvalue weighted by molar-refractivity contribution is 0.0701. The molecular formula is C15H15NO4S. The van der Waals surface area contributed by atoms with Gasteiger partial charge >= 0.3 is 5.97 Å². The minimum Gasteiger partial charge on any atom is -0.486 e. The van der Waals surface area contributed by atoms with Crippen molar-refractivity contribution in [2.24, 2.45) is 0 Å². The number of aryl methyl sites for hydroxylation is 1. The van der Waals surface area contributed by atoms with Gasteiger partial charge in [0.25, 0.3) is 0 Å². The van der Waals surface area contributed by atoms with Gasteiger partial charge in [-0.1, -0.05) is 19.1 Å². The quantitative estimate of drug-likeness (QED) is 0.940. The molecule has 0 radical (unpaired) electrons. The molecule has 0 saturated heterocycles. The van der Waals surface area contributed by atoms with E-state index in [1.54, 1.807) is 0 Å². The third-order valence-electron chi connectivity index (χ3n) is 3.24. The zero-order chi connectivity index (χ0) is 14.8. The number of aromatic carboxylic acids is 1. The predicted octanol–water partition coefficient (Wildman–Crippen LogP) is 2.79. The third-order valence-corrected chi connectivity index (χ3v) is 4.35. The first-order chi connectivity index (χ1) is 10.2. The first-order valence-corrected chi connectivity index (χ1v) is 7.59. The molecule has 0 aliphatic carbocycles. The van der Waals surface area contributed by atoms with E-state index in [9.17, 15) is 4.79 Å². The number of ether oxygens (including phenoxy) is 2. The Morgan fingerprint density at radius 3 is 2.86 bits per heavy atom. The predicted molar refractivity (Wildman–Crippen MR) is 78.5 cm³/mol. The van der Waals surface area contributed by atoms with Crippen molar-refractivity contribution in [3.63, 3.8) is 0 Å². The highest BCUT2D eigenvalue weighted by Crippen LogP contribution is 2.32. The van der Waals surface area contributed by atoms with E-state index in [-0.39, 0.29) is 6.10 Å². The molecule has 1 unspecified atom stereocenters. The molecule has 0 bridgehead atoms. The summed E-state index contributed by atoms with van der Waals surface area (Å²) >= 11 is 1.22. The number of carboxylic acids is 1. The number of carbonyl (C=O) groups is 1. The van der Waals surface area contributed by atoms with Crippen LogP contribution in [0.3, 0.4) is 0 Å². The fourth-order valence-corrected chi connectivity index (χ4v) is 3.31. The van der Waals surface area contributed by atoms with E-state index in [1.165, 1.54) is 11.3 Å². The second-order valence-corrected chi connectivity index (χ2v) is 5.83. The number of fused-ring (bicyclic) bond motifs is 1. The summed E-state index contributed by atoms with van der Waals surface area (Å²) in [6.07, 6.45) is 1.03. The highest BCUT2D eigenvalue weighted by Gasteiger charge is 2.24. The van der Waals surface area contributed by atoms with E-state index in [0.717, 1.165) is 16.5 Å². The largest absolute Gasteiger partial charge is 0.486 e. The first kappa shape index (κ1) is 13.9. The molecule has 21 heavy (non-hydrogen) atoms. The van der Waals surface area contributed by atoms with Crippen molar-refractivity contribution in [3.05, 3.63) is 39.8 Å². The van der Waals surface area contributed by atoms with E-state index in [1.807, 2.05) is 31.2 Å². The number of rotatable bonds is 4. The molecule has 2 aromatic rings. The van der Waals surface area contributed by atoms with E-state index in [4.69, 9.17) is 14.6 Å². The molecule has 1 N–H and O–H groups in total. The lowest BCUT2D eigenvalue weighted by atomic mass is 10.2. The van der Waals surface area contributed by atoms with Crippen LogP contribution in [0.4, 0.5) is 0 Å². The normalized spacial score (nSPS) is 16.7. The van der Waals surface area contributed by atoms with Gasteiger partial charge in [-0.05, 0) is 18.6 Å². The van der Waals surface area contributed by atoms with Crippen LogP contribution in [0.15, 0.2) is 24.3 Å². The van der Waals surface area contributed by atoms with Gasteiger partial charge in [0.1, 0.15) is 17.6 Å². The van der Waals surface area contributed by atoms with Crippen LogP contribution in [-0.4, -0.2) is 28.8 Å².